The Morgan fingerprint density at radius 1 is 1.64 bits per heavy atom. The summed E-state index contributed by atoms with van der Waals surface area (Å²) in [6.07, 6.45) is -0.394. The highest BCUT2D eigenvalue weighted by Gasteiger charge is 2.16. The summed E-state index contributed by atoms with van der Waals surface area (Å²) in [6.45, 7) is 0. The summed E-state index contributed by atoms with van der Waals surface area (Å²) in [6, 6.07) is 7.52. The van der Waals surface area contributed by atoms with Crippen LogP contribution in [0, 0.1) is 0 Å². The number of hydrogen-bond acceptors (Lipinski definition) is 2. The van der Waals surface area contributed by atoms with E-state index in [2.05, 4.69) is 15.9 Å². The van der Waals surface area contributed by atoms with Crippen molar-refractivity contribution in [3.8, 4) is 0 Å². The summed E-state index contributed by atoms with van der Waals surface area (Å²) in [5, 5.41) is 8.77. The maximum absolute atomic E-state index is 10.7. The molecule has 1 rings (SSSR count). The Morgan fingerprint density at radius 3 is 2.86 bits per heavy atom. The Hall–Kier alpha value is -0.870. The number of carboxylic acid groups (broad SMARTS) is 1. The van der Waals surface area contributed by atoms with Crippen LogP contribution in [0.25, 0.3) is 0 Å². The zero-order valence-corrected chi connectivity index (χ0v) is 9.32. The van der Waals surface area contributed by atoms with E-state index in [1.54, 1.807) is 0 Å². The van der Waals surface area contributed by atoms with E-state index in [-0.39, 0.29) is 0 Å². The number of aliphatic carboxylic acids is 1. The third-order valence-electron chi connectivity index (χ3n) is 1.87. The fourth-order valence-electron chi connectivity index (χ4n) is 1.15. The highest BCUT2D eigenvalue weighted by atomic mass is 79.9. The van der Waals surface area contributed by atoms with E-state index in [0.29, 0.717) is 6.42 Å². The molecule has 0 radical (unpaired) electrons. The first-order valence-electron chi connectivity index (χ1n) is 4.13. The Morgan fingerprint density at radius 2 is 2.36 bits per heavy atom. The van der Waals surface area contributed by atoms with Crippen molar-refractivity contribution < 1.29 is 14.6 Å². The molecule has 4 heteroatoms. The van der Waals surface area contributed by atoms with E-state index >= 15 is 0 Å². The summed E-state index contributed by atoms with van der Waals surface area (Å²) in [7, 11) is 1.40. The highest BCUT2D eigenvalue weighted by molar-refractivity contribution is 9.10. The van der Waals surface area contributed by atoms with E-state index in [1.807, 2.05) is 24.3 Å². The van der Waals surface area contributed by atoms with Gasteiger partial charge in [0.1, 0.15) is 0 Å². The maximum Gasteiger partial charge on any atom is 0.333 e. The van der Waals surface area contributed by atoms with Gasteiger partial charge in [-0.1, -0.05) is 28.1 Å². The van der Waals surface area contributed by atoms with Gasteiger partial charge >= 0.3 is 5.97 Å². The van der Waals surface area contributed by atoms with Crippen LogP contribution in [0.5, 0.6) is 0 Å². The summed E-state index contributed by atoms with van der Waals surface area (Å²) >= 11 is 3.32. The van der Waals surface area contributed by atoms with Crippen LogP contribution in [0.2, 0.25) is 0 Å². The first kappa shape index (κ1) is 11.2. The van der Waals surface area contributed by atoms with Gasteiger partial charge in [0.05, 0.1) is 0 Å². The maximum atomic E-state index is 10.7. The lowest BCUT2D eigenvalue weighted by Gasteiger charge is -2.10. The molecule has 0 spiro atoms. The average Bonchev–Trinajstić information content (AvgIpc) is 2.14. The van der Waals surface area contributed by atoms with E-state index in [9.17, 15) is 4.79 Å². The lowest BCUT2D eigenvalue weighted by atomic mass is 10.1. The second-order valence-corrected chi connectivity index (χ2v) is 3.81. The second kappa shape index (κ2) is 5.12. The summed E-state index contributed by atoms with van der Waals surface area (Å²) in [5.41, 5.74) is 0.939. The molecule has 0 saturated carbocycles. The predicted octanol–water partition coefficient (Wildman–Crippen LogP) is 2.09. The van der Waals surface area contributed by atoms with Crippen molar-refractivity contribution in [1.82, 2.24) is 0 Å². The molecule has 0 fully saturated rings. The molecular formula is C10H11BrO3. The van der Waals surface area contributed by atoms with Gasteiger partial charge in [0.2, 0.25) is 0 Å². The molecule has 0 aliphatic carbocycles. The van der Waals surface area contributed by atoms with Crippen LogP contribution in [0.3, 0.4) is 0 Å². The topological polar surface area (TPSA) is 46.5 Å². The number of hydrogen-bond donors (Lipinski definition) is 1. The number of ether oxygens (including phenoxy) is 1. The van der Waals surface area contributed by atoms with E-state index in [1.165, 1.54) is 7.11 Å². The molecular weight excluding hydrogens is 248 g/mol. The molecule has 0 unspecified atom stereocenters. The molecule has 0 heterocycles. The van der Waals surface area contributed by atoms with E-state index in [0.717, 1.165) is 10.0 Å². The molecule has 0 aromatic heterocycles. The number of benzene rings is 1. The van der Waals surface area contributed by atoms with Crippen LogP contribution >= 0.6 is 15.9 Å². The molecule has 1 N–H and O–H groups in total. The zero-order chi connectivity index (χ0) is 10.6. The van der Waals surface area contributed by atoms with Crippen molar-refractivity contribution in [2.75, 3.05) is 7.11 Å². The first-order chi connectivity index (χ1) is 6.63. The lowest BCUT2D eigenvalue weighted by Crippen LogP contribution is -2.24. The van der Waals surface area contributed by atoms with Gasteiger partial charge in [0.25, 0.3) is 0 Å². The van der Waals surface area contributed by atoms with Crippen LogP contribution in [0.4, 0.5) is 0 Å². The average molecular weight is 259 g/mol. The Kier molecular flexibility index (Phi) is 4.10. The van der Waals surface area contributed by atoms with Crippen molar-refractivity contribution in [3.05, 3.63) is 34.3 Å². The van der Waals surface area contributed by atoms with E-state index < -0.39 is 12.1 Å². The van der Waals surface area contributed by atoms with Gasteiger partial charge in [-0.2, -0.15) is 0 Å². The van der Waals surface area contributed by atoms with Gasteiger partial charge in [-0.15, -0.1) is 0 Å². The molecule has 0 aliphatic rings. The first-order valence-corrected chi connectivity index (χ1v) is 4.93. The number of carboxylic acids is 1. The standard InChI is InChI=1S/C10H11BrO3/c1-14-9(10(12)13)6-7-3-2-4-8(11)5-7/h2-5,9H,6H2,1H3,(H,12,13)/t9-/m0/s1. The molecule has 0 saturated heterocycles. The molecule has 0 amide bonds. The smallest absolute Gasteiger partial charge is 0.333 e. The minimum Gasteiger partial charge on any atom is -0.479 e. The summed E-state index contributed by atoms with van der Waals surface area (Å²) < 4.78 is 5.78. The van der Waals surface area contributed by atoms with Crippen molar-refractivity contribution in [2.45, 2.75) is 12.5 Å². The third-order valence-corrected chi connectivity index (χ3v) is 2.36. The molecule has 1 atom stereocenters. The normalized spacial score (nSPS) is 12.4. The lowest BCUT2D eigenvalue weighted by molar-refractivity contribution is -0.148. The van der Waals surface area contributed by atoms with Gasteiger partial charge in [-0.25, -0.2) is 4.79 Å². The molecule has 0 bridgehead atoms. The van der Waals surface area contributed by atoms with Crippen LogP contribution in [-0.2, 0) is 16.0 Å². The van der Waals surface area contributed by atoms with Crippen molar-refractivity contribution in [3.63, 3.8) is 0 Å². The van der Waals surface area contributed by atoms with Gasteiger partial charge in [0, 0.05) is 18.0 Å². The molecule has 1 aromatic carbocycles. The zero-order valence-electron chi connectivity index (χ0n) is 7.74. The van der Waals surface area contributed by atoms with Crippen molar-refractivity contribution >= 4 is 21.9 Å². The van der Waals surface area contributed by atoms with Crippen molar-refractivity contribution in [1.29, 1.82) is 0 Å². The largest absolute Gasteiger partial charge is 0.479 e. The minimum atomic E-state index is -0.938. The molecule has 0 aliphatic heterocycles. The van der Waals surface area contributed by atoms with E-state index in [4.69, 9.17) is 9.84 Å². The number of rotatable bonds is 4. The molecule has 14 heavy (non-hydrogen) atoms. The second-order valence-electron chi connectivity index (χ2n) is 2.90. The molecule has 1 aromatic rings. The fourth-order valence-corrected chi connectivity index (χ4v) is 1.60. The number of halogens is 1. The highest BCUT2D eigenvalue weighted by Crippen LogP contribution is 2.13. The Balaban J connectivity index is 2.72. The SMILES string of the molecule is CO[C@@H](Cc1cccc(Br)c1)C(=O)O. The predicted molar refractivity (Wildman–Crippen MR) is 56.3 cm³/mol. The van der Waals surface area contributed by atoms with Gasteiger partial charge in [-0.05, 0) is 17.7 Å². The van der Waals surface area contributed by atoms with Crippen LogP contribution < -0.4 is 0 Å². The third kappa shape index (κ3) is 3.12. The van der Waals surface area contributed by atoms with Crippen LogP contribution in [0.15, 0.2) is 28.7 Å². The van der Waals surface area contributed by atoms with Gasteiger partial charge in [-0.3, -0.25) is 0 Å². The molecule has 3 nitrogen and oxygen atoms in total. The van der Waals surface area contributed by atoms with Crippen molar-refractivity contribution in [2.24, 2.45) is 0 Å². The summed E-state index contributed by atoms with van der Waals surface area (Å²) in [5.74, 6) is -0.938. The molecule has 76 valence electrons. The van der Waals surface area contributed by atoms with Crippen LogP contribution in [-0.4, -0.2) is 24.3 Å². The van der Waals surface area contributed by atoms with Gasteiger partial charge in [0.15, 0.2) is 6.10 Å². The number of carbonyl (C=O) groups is 1. The Labute approximate surface area is 90.8 Å². The fraction of sp³-hybridized carbons (Fsp3) is 0.300. The van der Waals surface area contributed by atoms with Gasteiger partial charge < -0.3 is 9.84 Å². The number of methoxy groups -OCH3 is 1. The Bertz CT molecular complexity index is 325. The van der Waals surface area contributed by atoms with Crippen LogP contribution in [0.1, 0.15) is 5.56 Å². The minimum absolute atomic E-state index is 0.380. The monoisotopic (exact) mass is 258 g/mol. The summed E-state index contributed by atoms with van der Waals surface area (Å²) in [4.78, 5) is 10.7. The quantitative estimate of drug-likeness (QED) is 0.900.